The monoisotopic (exact) mass is 303 g/mol. The van der Waals surface area contributed by atoms with Crippen molar-refractivity contribution < 1.29 is 4.42 Å². The second-order valence-electron chi connectivity index (χ2n) is 5.21. The van der Waals surface area contributed by atoms with Crippen LogP contribution in [0.1, 0.15) is 5.76 Å². The molecule has 1 saturated heterocycles. The zero-order chi connectivity index (χ0) is 14.7. The van der Waals surface area contributed by atoms with Crippen molar-refractivity contribution >= 4 is 17.8 Å². The van der Waals surface area contributed by atoms with Crippen LogP contribution in [0, 0.1) is 0 Å². The molecule has 0 spiro atoms. The third-order valence-corrected chi connectivity index (χ3v) is 3.84. The van der Waals surface area contributed by atoms with E-state index in [1.165, 1.54) is 0 Å². The number of hydrazone groups is 1. The largest absolute Gasteiger partial charge is 0.455 e. The van der Waals surface area contributed by atoms with Crippen molar-refractivity contribution in [3.8, 4) is 11.3 Å². The van der Waals surface area contributed by atoms with Crippen LogP contribution >= 0.6 is 11.6 Å². The summed E-state index contributed by atoms with van der Waals surface area (Å²) in [5.74, 6) is 1.59. The van der Waals surface area contributed by atoms with Gasteiger partial charge in [0.05, 0.1) is 6.21 Å². The minimum atomic E-state index is 0.724. The Morgan fingerprint density at radius 2 is 1.76 bits per heavy atom. The molecule has 5 heteroatoms. The van der Waals surface area contributed by atoms with E-state index in [9.17, 15) is 0 Å². The third-order valence-electron chi connectivity index (χ3n) is 3.58. The van der Waals surface area contributed by atoms with Crippen LogP contribution < -0.4 is 0 Å². The highest BCUT2D eigenvalue weighted by atomic mass is 35.5. The second kappa shape index (κ2) is 6.33. The maximum Gasteiger partial charge on any atom is 0.147 e. The highest BCUT2D eigenvalue weighted by Crippen LogP contribution is 2.23. The van der Waals surface area contributed by atoms with Crippen molar-refractivity contribution in [1.82, 2.24) is 9.91 Å². The van der Waals surface area contributed by atoms with Gasteiger partial charge in [-0.25, -0.2) is 0 Å². The number of nitrogens with zero attached hydrogens (tertiary/aromatic N) is 3. The first kappa shape index (κ1) is 14.2. The first-order valence-electron chi connectivity index (χ1n) is 7.04. The van der Waals surface area contributed by atoms with E-state index in [-0.39, 0.29) is 0 Å². The molecule has 1 aliphatic rings. The van der Waals surface area contributed by atoms with Gasteiger partial charge in [0, 0.05) is 36.8 Å². The van der Waals surface area contributed by atoms with Gasteiger partial charge >= 0.3 is 0 Å². The summed E-state index contributed by atoms with van der Waals surface area (Å²) < 4.78 is 5.79. The summed E-state index contributed by atoms with van der Waals surface area (Å²) in [5, 5.41) is 7.27. The van der Waals surface area contributed by atoms with E-state index in [0.29, 0.717) is 0 Å². The zero-order valence-corrected chi connectivity index (χ0v) is 12.8. The number of furan rings is 1. The van der Waals surface area contributed by atoms with Gasteiger partial charge in [0.15, 0.2) is 0 Å². The molecule has 2 aromatic rings. The number of likely N-dealkylation sites (N-methyl/N-ethyl adjacent to an activating group) is 1. The Morgan fingerprint density at radius 1 is 1.05 bits per heavy atom. The zero-order valence-electron chi connectivity index (χ0n) is 12.0. The average Bonchev–Trinajstić information content (AvgIpc) is 2.96. The van der Waals surface area contributed by atoms with Gasteiger partial charge in [-0.3, -0.25) is 5.01 Å². The van der Waals surface area contributed by atoms with E-state index in [1.807, 2.05) is 36.4 Å². The van der Waals surface area contributed by atoms with Crippen LogP contribution in [0.4, 0.5) is 0 Å². The molecule has 0 N–H and O–H groups in total. The Hall–Kier alpha value is -1.78. The number of hydrogen-bond donors (Lipinski definition) is 0. The van der Waals surface area contributed by atoms with E-state index in [4.69, 9.17) is 16.0 Å². The molecule has 4 nitrogen and oxygen atoms in total. The predicted octanol–water partition coefficient (Wildman–Crippen LogP) is 3.18. The Balaban J connectivity index is 1.66. The molecule has 1 aromatic heterocycles. The molecule has 1 aliphatic heterocycles. The molecule has 1 fully saturated rings. The quantitative estimate of drug-likeness (QED) is 0.816. The Kier molecular flexibility index (Phi) is 4.27. The normalized spacial score (nSPS) is 16.8. The predicted molar refractivity (Wildman–Crippen MR) is 85.8 cm³/mol. The van der Waals surface area contributed by atoms with Crippen molar-refractivity contribution in [2.45, 2.75) is 0 Å². The van der Waals surface area contributed by atoms with E-state index in [1.54, 1.807) is 6.21 Å². The second-order valence-corrected chi connectivity index (χ2v) is 5.65. The van der Waals surface area contributed by atoms with Crippen LogP contribution in [0.2, 0.25) is 5.02 Å². The molecule has 0 aliphatic carbocycles. The fourth-order valence-corrected chi connectivity index (χ4v) is 2.37. The molecule has 1 aromatic carbocycles. The molecule has 2 heterocycles. The average molecular weight is 304 g/mol. The molecule has 110 valence electrons. The molecule has 0 atom stereocenters. The number of rotatable bonds is 3. The van der Waals surface area contributed by atoms with Crippen molar-refractivity contribution in [3.63, 3.8) is 0 Å². The Morgan fingerprint density at radius 3 is 2.48 bits per heavy atom. The van der Waals surface area contributed by atoms with Crippen LogP contribution in [-0.4, -0.2) is 49.4 Å². The topological polar surface area (TPSA) is 32.0 Å². The highest BCUT2D eigenvalue weighted by molar-refractivity contribution is 6.30. The molecule has 0 saturated carbocycles. The minimum absolute atomic E-state index is 0.724. The van der Waals surface area contributed by atoms with Gasteiger partial charge in [-0.05, 0) is 43.4 Å². The van der Waals surface area contributed by atoms with Crippen molar-refractivity contribution in [1.29, 1.82) is 0 Å². The van der Waals surface area contributed by atoms with Crippen LogP contribution in [0.15, 0.2) is 45.9 Å². The van der Waals surface area contributed by atoms with Gasteiger partial charge in [-0.1, -0.05) is 11.6 Å². The molecule has 0 radical (unpaired) electrons. The van der Waals surface area contributed by atoms with Gasteiger partial charge in [-0.2, -0.15) is 5.10 Å². The molecule has 21 heavy (non-hydrogen) atoms. The number of hydrogen-bond acceptors (Lipinski definition) is 4. The number of benzene rings is 1. The Labute approximate surface area is 129 Å². The molecule has 3 rings (SSSR count). The minimum Gasteiger partial charge on any atom is -0.455 e. The molecular formula is C16H18ClN3O. The summed E-state index contributed by atoms with van der Waals surface area (Å²) >= 11 is 5.89. The van der Waals surface area contributed by atoms with Gasteiger partial charge in [0.25, 0.3) is 0 Å². The van der Waals surface area contributed by atoms with Crippen LogP contribution in [0.3, 0.4) is 0 Å². The van der Waals surface area contributed by atoms with E-state index < -0.39 is 0 Å². The summed E-state index contributed by atoms with van der Waals surface area (Å²) in [6, 6.07) is 11.5. The fraction of sp³-hybridized carbons (Fsp3) is 0.312. The summed E-state index contributed by atoms with van der Waals surface area (Å²) in [6.45, 7) is 4.01. The summed E-state index contributed by atoms with van der Waals surface area (Å²) in [5.41, 5.74) is 1.01. The maximum absolute atomic E-state index is 5.89. The van der Waals surface area contributed by atoms with Crippen molar-refractivity contribution in [3.05, 3.63) is 47.2 Å². The van der Waals surface area contributed by atoms with Gasteiger partial charge in [-0.15, -0.1) is 0 Å². The van der Waals surface area contributed by atoms with E-state index >= 15 is 0 Å². The molecule has 0 unspecified atom stereocenters. The van der Waals surface area contributed by atoms with Gasteiger partial charge < -0.3 is 9.32 Å². The first-order chi connectivity index (χ1) is 10.2. The smallest absolute Gasteiger partial charge is 0.147 e. The summed E-state index contributed by atoms with van der Waals surface area (Å²) in [4.78, 5) is 2.30. The van der Waals surface area contributed by atoms with Crippen LogP contribution in [0.5, 0.6) is 0 Å². The standard InChI is InChI=1S/C16H18ClN3O/c1-19-8-10-20(11-9-19)18-12-15-6-7-16(21-15)13-2-4-14(17)5-3-13/h2-7,12H,8-11H2,1H3. The number of halogens is 1. The lowest BCUT2D eigenvalue weighted by molar-refractivity contribution is 0.159. The van der Waals surface area contributed by atoms with Gasteiger partial charge in [0.2, 0.25) is 0 Å². The van der Waals surface area contributed by atoms with E-state index in [2.05, 4.69) is 22.1 Å². The first-order valence-corrected chi connectivity index (χ1v) is 7.42. The SMILES string of the molecule is CN1CCN(N=Cc2ccc(-c3ccc(Cl)cc3)o2)CC1. The lowest BCUT2D eigenvalue weighted by Gasteiger charge is -2.30. The molecule has 0 amide bonds. The summed E-state index contributed by atoms with van der Waals surface area (Å²) in [7, 11) is 2.13. The number of piperazine rings is 1. The molecule has 0 bridgehead atoms. The van der Waals surface area contributed by atoms with E-state index in [0.717, 1.165) is 48.3 Å². The van der Waals surface area contributed by atoms with Crippen LogP contribution in [0.25, 0.3) is 11.3 Å². The molecular weight excluding hydrogens is 286 g/mol. The van der Waals surface area contributed by atoms with Crippen molar-refractivity contribution in [2.75, 3.05) is 33.2 Å². The lowest BCUT2D eigenvalue weighted by atomic mass is 10.2. The van der Waals surface area contributed by atoms with Gasteiger partial charge in [0.1, 0.15) is 11.5 Å². The summed E-state index contributed by atoms with van der Waals surface area (Å²) in [6.07, 6.45) is 1.78. The Bertz CT molecular complexity index is 613. The highest BCUT2D eigenvalue weighted by Gasteiger charge is 2.11. The van der Waals surface area contributed by atoms with Crippen LogP contribution in [-0.2, 0) is 0 Å². The maximum atomic E-state index is 5.89. The third kappa shape index (κ3) is 3.65. The fourth-order valence-electron chi connectivity index (χ4n) is 2.24. The lowest BCUT2D eigenvalue weighted by Crippen LogP contribution is -2.41. The van der Waals surface area contributed by atoms with Crippen molar-refractivity contribution in [2.24, 2.45) is 5.10 Å².